The Bertz CT molecular complexity index is 2830. The van der Waals surface area contributed by atoms with Gasteiger partial charge in [0.05, 0.1) is 22.2 Å². The van der Waals surface area contributed by atoms with Crippen LogP contribution in [0, 0.1) is 0 Å². The molecule has 7 aromatic carbocycles. The summed E-state index contributed by atoms with van der Waals surface area (Å²) in [5.41, 5.74) is 17.6. The van der Waals surface area contributed by atoms with Gasteiger partial charge in [0, 0.05) is 21.7 Å². The van der Waals surface area contributed by atoms with E-state index in [0.717, 1.165) is 46.0 Å². The number of hydrogen-bond acceptors (Lipinski definition) is 2. The second-order valence-electron chi connectivity index (χ2n) is 13.7. The second kappa shape index (κ2) is 10.6. The van der Waals surface area contributed by atoms with Crippen molar-refractivity contribution in [2.75, 3.05) is 0 Å². The van der Waals surface area contributed by atoms with E-state index in [1.165, 1.54) is 60.8 Å². The van der Waals surface area contributed by atoms with Crippen molar-refractivity contribution < 1.29 is 0 Å². The van der Waals surface area contributed by atoms with Gasteiger partial charge in [-0.05, 0) is 99.2 Å². The molecule has 9 aromatic rings. The molecule has 3 nitrogen and oxygen atoms in total. The van der Waals surface area contributed by atoms with Crippen molar-refractivity contribution in [1.82, 2.24) is 14.5 Å². The number of nitrogens with zero attached hydrogens (tertiary/aromatic N) is 3. The number of benzene rings is 7. The number of hydrogen-bond donors (Lipinski definition) is 0. The first-order valence-electron chi connectivity index (χ1n) is 17.5. The third-order valence-corrected chi connectivity index (χ3v) is 11.0. The highest BCUT2D eigenvalue weighted by atomic mass is 15.2. The van der Waals surface area contributed by atoms with Crippen LogP contribution in [0.5, 0.6) is 0 Å². The van der Waals surface area contributed by atoms with E-state index in [1.54, 1.807) is 0 Å². The van der Waals surface area contributed by atoms with Gasteiger partial charge in [0.25, 0.3) is 0 Å². The van der Waals surface area contributed by atoms with Gasteiger partial charge in [0.2, 0.25) is 5.95 Å². The molecule has 0 saturated heterocycles. The molecule has 2 heterocycles. The molecule has 2 aliphatic rings. The molecule has 2 aromatic heterocycles. The standard InChI is InChI=1S/C47H31N3/c1-2-11-29(12-3-1)46-39-16-6-8-19-42(39)48-47(49-46)50-43-20-9-7-15-36(43)41-28-31(23-24-44(41)50)30-21-22-33-26-34-25-32-13-4-5-14-35(32)37-17-10-18-38(45(34)37)40(33)27-30/h1-24,27-28,34H,25-26H2. The summed E-state index contributed by atoms with van der Waals surface area (Å²) in [4.78, 5) is 10.4. The fraction of sp³-hybridized carbons (Fsp3) is 0.0638. The Balaban J connectivity index is 1.08. The molecule has 0 fully saturated rings. The zero-order valence-electron chi connectivity index (χ0n) is 27.3. The SMILES string of the molecule is c1ccc(-c2nc(-n3c4ccccc4c4cc(-c5ccc6c(c5)-c5cccc7c5C(Cc5ccccc5-7)C6)ccc43)nc3ccccc23)cc1. The van der Waals surface area contributed by atoms with Gasteiger partial charge in [-0.3, -0.25) is 4.57 Å². The van der Waals surface area contributed by atoms with Gasteiger partial charge in [0.1, 0.15) is 0 Å². The van der Waals surface area contributed by atoms with Gasteiger partial charge >= 0.3 is 0 Å². The van der Waals surface area contributed by atoms with Crippen LogP contribution in [0.1, 0.15) is 22.6 Å². The average molecular weight is 638 g/mol. The molecule has 234 valence electrons. The largest absolute Gasteiger partial charge is 0.278 e. The molecule has 11 rings (SSSR count). The molecule has 0 N–H and O–H groups in total. The van der Waals surface area contributed by atoms with Crippen LogP contribution in [0.4, 0.5) is 0 Å². The summed E-state index contributed by atoms with van der Waals surface area (Å²) in [7, 11) is 0. The van der Waals surface area contributed by atoms with Crippen molar-refractivity contribution in [3.05, 3.63) is 174 Å². The van der Waals surface area contributed by atoms with Crippen molar-refractivity contribution in [2.45, 2.75) is 18.8 Å². The van der Waals surface area contributed by atoms with E-state index in [4.69, 9.17) is 9.97 Å². The molecular weight excluding hydrogens is 607 g/mol. The summed E-state index contributed by atoms with van der Waals surface area (Å²) in [5, 5.41) is 3.44. The molecule has 1 unspecified atom stereocenters. The number of fused-ring (bicyclic) bond motifs is 8. The minimum atomic E-state index is 0.525. The summed E-state index contributed by atoms with van der Waals surface area (Å²) in [6.07, 6.45) is 2.19. The maximum Gasteiger partial charge on any atom is 0.235 e. The lowest BCUT2D eigenvalue weighted by Crippen LogP contribution is -2.18. The van der Waals surface area contributed by atoms with E-state index in [1.807, 2.05) is 6.07 Å². The first-order valence-corrected chi connectivity index (χ1v) is 17.5. The van der Waals surface area contributed by atoms with Crippen LogP contribution < -0.4 is 0 Å². The first kappa shape index (κ1) is 27.6. The Labute approximate surface area is 290 Å². The fourth-order valence-corrected chi connectivity index (χ4v) is 8.78. The quantitative estimate of drug-likeness (QED) is 0.193. The molecule has 0 amide bonds. The summed E-state index contributed by atoms with van der Waals surface area (Å²) in [6, 6.07) is 57.2. The average Bonchev–Trinajstić information content (AvgIpc) is 3.51. The minimum absolute atomic E-state index is 0.525. The Morgan fingerprint density at radius 3 is 2.00 bits per heavy atom. The van der Waals surface area contributed by atoms with Crippen LogP contribution in [0.25, 0.3) is 83.3 Å². The predicted octanol–water partition coefficient (Wildman–Crippen LogP) is 11.6. The van der Waals surface area contributed by atoms with Gasteiger partial charge in [-0.15, -0.1) is 0 Å². The van der Waals surface area contributed by atoms with E-state index >= 15 is 0 Å². The lowest BCUT2D eigenvalue weighted by atomic mass is 9.69. The molecule has 0 aliphatic heterocycles. The van der Waals surface area contributed by atoms with Crippen LogP contribution in [-0.4, -0.2) is 14.5 Å². The molecule has 0 bridgehead atoms. The van der Waals surface area contributed by atoms with E-state index in [-0.39, 0.29) is 0 Å². The van der Waals surface area contributed by atoms with E-state index in [0.29, 0.717) is 11.9 Å². The maximum absolute atomic E-state index is 5.25. The summed E-state index contributed by atoms with van der Waals surface area (Å²) < 4.78 is 2.23. The van der Waals surface area contributed by atoms with Crippen molar-refractivity contribution in [3.63, 3.8) is 0 Å². The van der Waals surface area contributed by atoms with Gasteiger partial charge in [-0.1, -0.05) is 127 Å². The zero-order valence-corrected chi connectivity index (χ0v) is 27.3. The minimum Gasteiger partial charge on any atom is -0.278 e. The normalized spacial score (nSPS) is 14.4. The number of rotatable bonds is 3. The Kier molecular flexibility index (Phi) is 5.85. The Morgan fingerprint density at radius 2 is 1.10 bits per heavy atom. The Morgan fingerprint density at radius 1 is 0.440 bits per heavy atom. The van der Waals surface area contributed by atoms with Crippen LogP contribution >= 0.6 is 0 Å². The van der Waals surface area contributed by atoms with Gasteiger partial charge in [-0.25, -0.2) is 9.97 Å². The zero-order chi connectivity index (χ0) is 32.8. The van der Waals surface area contributed by atoms with E-state index in [9.17, 15) is 0 Å². The van der Waals surface area contributed by atoms with Crippen LogP contribution in [0.3, 0.4) is 0 Å². The molecule has 1 atom stereocenters. The molecule has 0 spiro atoms. The summed E-state index contributed by atoms with van der Waals surface area (Å²) in [5.74, 6) is 1.21. The van der Waals surface area contributed by atoms with Crippen LogP contribution in [-0.2, 0) is 12.8 Å². The van der Waals surface area contributed by atoms with Crippen molar-refractivity contribution in [1.29, 1.82) is 0 Å². The monoisotopic (exact) mass is 637 g/mol. The topological polar surface area (TPSA) is 30.7 Å². The molecule has 2 aliphatic carbocycles. The summed E-state index contributed by atoms with van der Waals surface area (Å²) in [6.45, 7) is 0. The smallest absolute Gasteiger partial charge is 0.235 e. The summed E-state index contributed by atoms with van der Waals surface area (Å²) >= 11 is 0. The second-order valence-corrected chi connectivity index (χ2v) is 13.7. The maximum atomic E-state index is 5.25. The van der Waals surface area contributed by atoms with Crippen molar-refractivity contribution in [3.8, 4) is 50.6 Å². The predicted molar refractivity (Wildman–Crippen MR) is 206 cm³/mol. The number of aromatic nitrogens is 3. The van der Waals surface area contributed by atoms with E-state index in [2.05, 4.69) is 156 Å². The lowest BCUT2D eigenvalue weighted by molar-refractivity contribution is 0.666. The third-order valence-electron chi connectivity index (χ3n) is 11.0. The Hall–Kier alpha value is -6.32. The molecule has 0 radical (unpaired) electrons. The van der Waals surface area contributed by atoms with Crippen molar-refractivity contribution in [2.24, 2.45) is 0 Å². The van der Waals surface area contributed by atoms with Crippen molar-refractivity contribution >= 4 is 32.7 Å². The third kappa shape index (κ3) is 4.04. The highest BCUT2D eigenvalue weighted by molar-refractivity contribution is 6.10. The van der Waals surface area contributed by atoms with Gasteiger partial charge in [0.15, 0.2) is 0 Å². The van der Waals surface area contributed by atoms with E-state index < -0.39 is 0 Å². The number of para-hydroxylation sites is 2. The van der Waals surface area contributed by atoms with Gasteiger partial charge < -0.3 is 0 Å². The molecule has 3 heteroatoms. The molecular formula is C47H31N3. The lowest BCUT2D eigenvalue weighted by Gasteiger charge is -2.34. The first-order chi connectivity index (χ1) is 24.8. The molecule has 50 heavy (non-hydrogen) atoms. The van der Waals surface area contributed by atoms with Gasteiger partial charge in [-0.2, -0.15) is 0 Å². The molecule has 0 saturated carbocycles. The van der Waals surface area contributed by atoms with Crippen LogP contribution in [0.2, 0.25) is 0 Å². The fourth-order valence-electron chi connectivity index (χ4n) is 8.78. The van der Waals surface area contributed by atoms with Crippen LogP contribution in [0.15, 0.2) is 158 Å². The highest BCUT2D eigenvalue weighted by Crippen LogP contribution is 2.50. The highest BCUT2D eigenvalue weighted by Gasteiger charge is 2.32.